The standard InChI is InChI=1S/C14H28N2/c1-12(2)11-16(14-3-4-14)10-7-13-5-8-15-9-6-13/h12-15H,3-11H2,1-2H3. The highest BCUT2D eigenvalue weighted by Crippen LogP contribution is 2.28. The fraction of sp³-hybridized carbons (Fsp3) is 1.00. The largest absolute Gasteiger partial charge is 0.317 e. The molecular formula is C14H28N2. The van der Waals surface area contributed by atoms with Gasteiger partial charge >= 0.3 is 0 Å². The average Bonchev–Trinajstić information content (AvgIpc) is 3.09. The number of rotatable bonds is 6. The van der Waals surface area contributed by atoms with Gasteiger partial charge in [-0.3, -0.25) is 0 Å². The van der Waals surface area contributed by atoms with Crippen molar-refractivity contribution in [1.82, 2.24) is 10.2 Å². The third-order valence-electron chi connectivity index (χ3n) is 3.95. The summed E-state index contributed by atoms with van der Waals surface area (Å²) >= 11 is 0. The van der Waals surface area contributed by atoms with Crippen LogP contribution in [0.2, 0.25) is 0 Å². The van der Waals surface area contributed by atoms with Crippen LogP contribution in [0, 0.1) is 11.8 Å². The molecule has 0 unspecified atom stereocenters. The van der Waals surface area contributed by atoms with E-state index in [4.69, 9.17) is 0 Å². The van der Waals surface area contributed by atoms with Crippen LogP contribution in [-0.4, -0.2) is 37.1 Å². The molecular weight excluding hydrogens is 196 g/mol. The summed E-state index contributed by atoms with van der Waals surface area (Å²) in [4.78, 5) is 2.76. The average molecular weight is 224 g/mol. The number of hydrogen-bond acceptors (Lipinski definition) is 2. The quantitative estimate of drug-likeness (QED) is 0.746. The van der Waals surface area contributed by atoms with Crippen LogP contribution < -0.4 is 5.32 Å². The van der Waals surface area contributed by atoms with Gasteiger partial charge in [-0.05, 0) is 63.6 Å². The summed E-state index contributed by atoms with van der Waals surface area (Å²) in [6.45, 7) is 9.86. The maximum absolute atomic E-state index is 3.46. The minimum Gasteiger partial charge on any atom is -0.317 e. The van der Waals surface area contributed by atoms with Gasteiger partial charge in [0.05, 0.1) is 0 Å². The van der Waals surface area contributed by atoms with Crippen molar-refractivity contribution in [1.29, 1.82) is 0 Å². The van der Waals surface area contributed by atoms with Crippen LogP contribution in [0.3, 0.4) is 0 Å². The molecule has 1 N–H and O–H groups in total. The molecule has 0 aromatic carbocycles. The van der Waals surface area contributed by atoms with E-state index in [1.54, 1.807) is 0 Å². The van der Waals surface area contributed by atoms with E-state index in [0.717, 1.165) is 17.9 Å². The van der Waals surface area contributed by atoms with Crippen molar-refractivity contribution in [3.05, 3.63) is 0 Å². The molecule has 0 spiro atoms. The topological polar surface area (TPSA) is 15.3 Å². The number of nitrogens with one attached hydrogen (secondary N) is 1. The molecule has 2 fully saturated rings. The highest BCUT2D eigenvalue weighted by molar-refractivity contribution is 4.85. The first-order valence-corrected chi connectivity index (χ1v) is 7.20. The summed E-state index contributed by atoms with van der Waals surface area (Å²) in [7, 11) is 0. The van der Waals surface area contributed by atoms with Crippen LogP contribution in [-0.2, 0) is 0 Å². The van der Waals surface area contributed by atoms with Gasteiger partial charge in [0.25, 0.3) is 0 Å². The molecule has 1 aliphatic heterocycles. The summed E-state index contributed by atoms with van der Waals surface area (Å²) in [6, 6.07) is 0.948. The first-order chi connectivity index (χ1) is 7.75. The molecule has 2 aliphatic rings. The van der Waals surface area contributed by atoms with Gasteiger partial charge in [0.1, 0.15) is 0 Å². The number of piperidine rings is 1. The third-order valence-corrected chi connectivity index (χ3v) is 3.95. The second kappa shape index (κ2) is 6.02. The fourth-order valence-corrected chi connectivity index (χ4v) is 2.85. The predicted octanol–water partition coefficient (Wildman–Crippen LogP) is 2.50. The third kappa shape index (κ3) is 4.06. The molecule has 0 atom stereocenters. The van der Waals surface area contributed by atoms with Crippen LogP contribution in [0.1, 0.15) is 46.0 Å². The van der Waals surface area contributed by atoms with Gasteiger partial charge in [-0.25, -0.2) is 0 Å². The van der Waals surface area contributed by atoms with Gasteiger partial charge in [-0.2, -0.15) is 0 Å². The Morgan fingerprint density at radius 1 is 1.12 bits per heavy atom. The van der Waals surface area contributed by atoms with Crippen LogP contribution in [0.25, 0.3) is 0 Å². The molecule has 2 nitrogen and oxygen atoms in total. The number of nitrogens with zero attached hydrogens (tertiary/aromatic N) is 1. The van der Waals surface area contributed by atoms with Crippen molar-refractivity contribution in [2.75, 3.05) is 26.2 Å². The lowest BCUT2D eigenvalue weighted by molar-refractivity contribution is 0.206. The summed E-state index contributed by atoms with van der Waals surface area (Å²) in [5.74, 6) is 1.82. The minimum absolute atomic E-state index is 0.827. The van der Waals surface area contributed by atoms with Crippen LogP contribution in [0.15, 0.2) is 0 Å². The summed E-state index contributed by atoms with van der Waals surface area (Å²) < 4.78 is 0. The van der Waals surface area contributed by atoms with Gasteiger partial charge in [0.2, 0.25) is 0 Å². The monoisotopic (exact) mass is 224 g/mol. The van der Waals surface area contributed by atoms with E-state index in [2.05, 4.69) is 24.1 Å². The zero-order valence-electron chi connectivity index (χ0n) is 11.0. The first-order valence-electron chi connectivity index (χ1n) is 7.20. The molecule has 1 saturated heterocycles. The molecule has 2 heteroatoms. The molecule has 94 valence electrons. The lowest BCUT2D eigenvalue weighted by Gasteiger charge is -2.28. The van der Waals surface area contributed by atoms with Gasteiger partial charge in [0, 0.05) is 12.6 Å². The molecule has 2 rings (SSSR count). The van der Waals surface area contributed by atoms with Crippen LogP contribution >= 0.6 is 0 Å². The van der Waals surface area contributed by atoms with E-state index in [9.17, 15) is 0 Å². The Hall–Kier alpha value is -0.0800. The molecule has 1 aliphatic carbocycles. The normalized spacial score (nSPS) is 23.2. The van der Waals surface area contributed by atoms with Crippen molar-refractivity contribution in [2.45, 2.75) is 52.0 Å². The second-order valence-corrected chi connectivity index (χ2v) is 6.10. The maximum atomic E-state index is 3.46. The fourth-order valence-electron chi connectivity index (χ4n) is 2.85. The molecule has 16 heavy (non-hydrogen) atoms. The highest BCUT2D eigenvalue weighted by Gasteiger charge is 2.29. The van der Waals surface area contributed by atoms with Gasteiger partial charge in [0.15, 0.2) is 0 Å². The van der Waals surface area contributed by atoms with Gasteiger partial charge in [-0.1, -0.05) is 13.8 Å². The van der Waals surface area contributed by atoms with E-state index in [0.29, 0.717) is 0 Å². The van der Waals surface area contributed by atoms with Crippen molar-refractivity contribution in [2.24, 2.45) is 11.8 Å². The first kappa shape index (κ1) is 12.4. The summed E-state index contributed by atoms with van der Waals surface area (Å²) in [5, 5.41) is 3.46. The molecule has 0 bridgehead atoms. The minimum atomic E-state index is 0.827. The number of hydrogen-bond donors (Lipinski definition) is 1. The molecule has 1 saturated carbocycles. The van der Waals surface area contributed by atoms with Crippen molar-refractivity contribution >= 4 is 0 Å². The van der Waals surface area contributed by atoms with Crippen molar-refractivity contribution in [3.63, 3.8) is 0 Å². The van der Waals surface area contributed by atoms with E-state index < -0.39 is 0 Å². The van der Waals surface area contributed by atoms with Gasteiger partial charge < -0.3 is 10.2 Å². The molecule has 0 aromatic heterocycles. The van der Waals surface area contributed by atoms with E-state index in [1.165, 1.54) is 58.3 Å². The maximum Gasteiger partial charge on any atom is 0.00965 e. The van der Waals surface area contributed by atoms with Crippen molar-refractivity contribution < 1.29 is 0 Å². The lowest BCUT2D eigenvalue weighted by Crippen LogP contribution is -2.34. The second-order valence-electron chi connectivity index (χ2n) is 6.10. The van der Waals surface area contributed by atoms with Crippen molar-refractivity contribution in [3.8, 4) is 0 Å². The van der Waals surface area contributed by atoms with E-state index in [-0.39, 0.29) is 0 Å². The Morgan fingerprint density at radius 2 is 1.81 bits per heavy atom. The lowest BCUT2D eigenvalue weighted by atomic mass is 9.94. The highest BCUT2D eigenvalue weighted by atomic mass is 15.2. The molecule has 1 heterocycles. The molecule has 0 amide bonds. The van der Waals surface area contributed by atoms with E-state index in [1.807, 2.05) is 0 Å². The Bertz CT molecular complexity index is 193. The van der Waals surface area contributed by atoms with Crippen LogP contribution in [0.5, 0.6) is 0 Å². The Labute approximate surface area is 101 Å². The van der Waals surface area contributed by atoms with E-state index >= 15 is 0 Å². The predicted molar refractivity (Wildman–Crippen MR) is 69.6 cm³/mol. The Morgan fingerprint density at radius 3 is 2.38 bits per heavy atom. The van der Waals surface area contributed by atoms with Crippen LogP contribution in [0.4, 0.5) is 0 Å². The smallest absolute Gasteiger partial charge is 0.00965 e. The summed E-state index contributed by atoms with van der Waals surface area (Å²) in [5.41, 5.74) is 0. The Kier molecular flexibility index (Phi) is 4.66. The van der Waals surface area contributed by atoms with Gasteiger partial charge in [-0.15, -0.1) is 0 Å². The SMILES string of the molecule is CC(C)CN(CCC1CCNCC1)C1CC1. The summed E-state index contributed by atoms with van der Waals surface area (Å²) in [6.07, 6.45) is 7.16. The molecule has 0 aromatic rings. The Balaban J connectivity index is 1.68. The zero-order chi connectivity index (χ0) is 11.4. The zero-order valence-corrected chi connectivity index (χ0v) is 11.0. The molecule has 0 radical (unpaired) electrons.